The van der Waals surface area contributed by atoms with Crippen molar-refractivity contribution in [3.8, 4) is 0 Å². The molecule has 0 saturated heterocycles. The van der Waals surface area contributed by atoms with E-state index in [2.05, 4.69) is 5.32 Å². The fourth-order valence-electron chi connectivity index (χ4n) is 0.681. The second-order valence-corrected chi connectivity index (χ2v) is 3.90. The summed E-state index contributed by atoms with van der Waals surface area (Å²) in [7, 11) is 0. The summed E-state index contributed by atoms with van der Waals surface area (Å²) in [5, 5.41) is 2.49. The highest BCUT2D eigenvalue weighted by Gasteiger charge is 2.14. The summed E-state index contributed by atoms with van der Waals surface area (Å²) in [5.41, 5.74) is -0.492. The van der Waals surface area contributed by atoms with Gasteiger partial charge in [-0.2, -0.15) is 0 Å². The summed E-state index contributed by atoms with van der Waals surface area (Å²) in [6.45, 7) is 7.12. The SMILES string of the molecule is CC(=O)C=CCNC(=O)OC(C)(C)C. The summed E-state index contributed by atoms with van der Waals surface area (Å²) < 4.78 is 4.98. The van der Waals surface area contributed by atoms with Crippen LogP contribution in [0.1, 0.15) is 27.7 Å². The number of rotatable bonds is 3. The van der Waals surface area contributed by atoms with Crippen molar-refractivity contribution in [3.05, 3.63) is 12.2 Å². The highest BCUT2D eigenvalue weighted by molar-refractivity contribution is 5.87. The lowest BCUT2D eigenvalue weighted by Crippen LogP contribution is -2.32. The zero-order valence-corrected chi connectivity index (χ0v) is 9.09. The molecule has 4 heteroatoms. The van der Waals surface area contributed by atoms with Crippen LogP contribution in [0, 0.1) is 0 Å². The van der Waals surface area contributed by atoms with Crippen molar-refractivity contribution in [2.75, 3.05) is 6.54 Å². The Morgan fingerprint density at radius 2 is 1.93 bits per heavy atom. The third-order valence-electron chi connectivity index (χ3n) is 1.12. The summed E-state index contributed by atoms with van der Waals surface area (Å²) in [6.07, 6.45) is 2.49. The van der Waals surface area contributed by atoms with Crippen LogP contribution in [0.15, 0.2) is 12.2 Å². The van der Waals surface area contributed by atoms with Gasteiger partial charge in [0.05, 0.1) is 0 Å². The molecule has 0 bridgehead atoms. The Kier molecular flexibility index (Phi) is 4.91. The van der Waals surface area contributed by atoms with Crippen LogP contribution >= 0.6 is 0 Å². The molecular formula is C10H17NO3. The molecule has 0 aliphatic heterocycles. The highest BCUT2D eigenvalue weighted by Crippen LogP contribution is 2.05. The van der Waals surface area contributed by atoms with Gasteiger partial charge in [0.2, 0.25) is 0 Å². The van der Waals surface area contributed by atoms with Crippen molar-refractivity contribution < 1.29 is 14.3 Å². The zero-order chi connectivity index (χ0) is 11.2. The molecule has 80 valence electrons. The molecule has 0 atom stereocenters. The van der Waals surface area contributed by atoms with Crippen molar-refractivity contribution in [2.24, 2.45) is 0 Å². The summed E-state index contributed by atoms with van der Waals surface area (Å²) >= 11 is 0. The first-order chi connectivity index (χ1) is 6.31. The maximum atomic E-state index is 11.1. The normalized spacial score (nSPS) is 11.4. The average molecular weight is 199 g/mol. The Labute approximate surface area is 84.3 Å². The van der Waals surface area contributed by atoms with Gasteiger partial charge < -0.3 is 10.1 Å². The number of carbonyl (C=O) groups is 2. The van der Waals surface area contributed by atoms with Crippen LogP contribution in [0.5, 0.6) is 0 Å². The van der Waals surface area contributed by atoms with Gasteiger partial charge >= 0.3 is 6.09 Å². The van der Waals surface area contributed by atoms with Gasteiger partial charge in [0.15, 0.2) is 5.78 Å². The Bertz CT molecular complexity index is 238. The predicted molar refractivity (Wildman–Crippen MR) is 54.1 cm³/mol. The van der Waals surface area contributed by atoms with E-state index in [0.29, 0.717) is 6.54 Å². The number of carbonyl (C=O) groups excluding carboxylic acids is 2. The predicted octanol–water partition coefficient (Wildman–Crippen LogP) is 1.66. The van der Waals surface area contributed by atoms with Gasteiger partial charge in [-0.15, -0.1) is 0 Å². The second kappa shape index (κ2) is 5.42. The van der Waals surface area contributed by atoms with Crippen LogP contribution in [0.25, 0.3) is 0 Å². The minimum atomic E-state index is -0.492. The van der Waals surface area contributed by atoms with Gasteiger partial charge in [0.25, 0.3) is 0 Å². The molecule has 0 aromatic rings. The van der Waals surface area contributed by atoms with E-state index in [1.807, 2.05) is 0 Å². The first kappa shape index (κ1) is 12.7. The summed E-state index contributed by atoms with van der Waals surface area (Å²) in [5.74, 6) is -0.0454. The molecular weight excluding hydrogens is 182 g/mol. The molecule has 0 aliphatic carbocycles. The Morgan fingerprint density at radius 3 is 2.36 bits per heavy atom. The monoisotopic (exact) mass is 199 g/mol. The number of ether oxygens (including phenoxy) is 1. The molecule has 0 rings (SSSR count). The molecule has 0 fully saturated rings. The number of amides is 1. The second-order valence-electron chi connectivity index (χ2n) is 3.90. The Balaban J connectivity index is 3.71. The number of alkyl carbamates (subject to hydrolysis) is 1. The van der Waals surface area contributed by atoms with E-state index < -0.39 is 11.7 Å². The van der Waals surface area contributed by atoms with E-state index in [0.717, 1.165) is 0 Å². The number of ketones is 1. The van der Waals surface area contributed by atoms with E-state index in [1.54, 1.807) is 26.8 Å². The molecule has 0 aliphatic rings. The van der Waals surface area contributed by atoms with Crippen molar-refractivity contribution in [3.63, 3.8) is 0 Å². The number of nitrogens with one attached hydrogen (secondary N) is 1. The maximum Gasteiger partial charge on any atom is 0.407 e. The van der Waals surface area contributed by atoms with Gasteiger partial charge in [-0.1, -0.05) is 6.08 Å². The lowest BCUT2D eigenvalue weighted by molar-refractivity contribution is -0.112. The highest BCUT2D eigenvalue weighted by atomic mass is 16.6. The van der Waals surface area contributed by atoms with Crippen LogP contribution in [0.2, 0.25) is 0 Å². The lowest BCUT2D eigenvalue weighted by Gasteiger charge is -2.19. The van der Waals surface area contributed by atoms with Gasteiger partial charge in [-0.25, -0.2) is 4.79 Å². The van der Waals surface area contributed by atoms with Crippen LogP contribution in [0.3, 0.4) is 0 Å². The molecule has 0 saturated carbocycles. The van der Waals surface area contributed by atoms with E-state index in [1.165, 1.54) is 13.0 Å². The number of hydrogen-bond donors (Lipinski definition) is 1. The largest absolute Gasteiger partial charge is 0.444 e. The Morgan fingerprint density at radius 1 is 1.36 bits per heavy atom. The third-order valence-corrected chi connectivity index (χ3v) is 1.12. The first-order valence-electron chi connectivity index (χ1n) is 4.45. The molecule has 0 radical (unpaired) electrons. The maximum absolute atomic E-state index is 11.1. The van der Waals surface area contributed by atoms with E-state index >= 15 is 0 Å². The minimum Gasteiger partial charge on any atom is -0.444 e. The van der Waals surface area contributed by atoms with E-state index in [9.17, 15) is 9.59 Å². The van der Waals surface area contributed by atoms with E-state index in [4.69, 9.17) is 4.74 Å². The van der Waals surface area contributed by atoms with Crippen LogP contribution < -0.4 is 5.32 Å². The van der Waals surface area contributed by atoms with Crippen molar-refractivity contribution >= 4 is 11.9 Å². The van der Waals surface area contributed by atoms with Crippen LogP contribution in [-0.2, 0) is 9.53 Å². The summed E-state index contributed by atoms with van der Waals surface area (Å²) in [4.78, 5) is 21.5. The fourth-order valence-corrected chi connectivity index (χ4v) is 0.681. The van der Waals surface area contributed by atoms with Crippen LogP contribution in [-0.4, -0.2) is 24.0 Å². The molecule has 0 heterocycles. The van der Waals surface area contributed by atoms with Crippen molar-refractivity contribution in [1.29, 1.82) is 0 Å². The standard InChI is InChI=1S/C10H17NO3/c1-8(12)6-5-7-11-9(13)14-10(2,3)4/h5-6H,7H2,1-4H3,(H,11,13). The van der Waals surface area contributed by atoms with Gasteiger partial charge in [0.1, 0.15) is 5.60 Å². The molecule has 0 aromatic carbocycles. The molecule has 14 heavy (non-hydrogen) atoms. The number of allylic oxidation sites excluding steroid dienone is 1. The quantitative estimate of drug-likeness (QED) is 0.703. The Hall–Kier alpha value is -1.32. The smallest absolute Gasteiger partial charge is 0.407 e. The van der Waals surface area contributed by atoms with Crippen molar-refractivity contribution in [1.82, 2.24) is 5.32 Å². The molecule has 1 N–H and O–H groups in total. The van der Waals surface area contributed by atoms with Gasteiger partial charge in [-0.3, -0.25) is 4.79 Å². The first-order valence-corrected chi connectivity index (χ1v) is 4.45. The number of hydrogen-bond acceptors (Lipinski definition) is 3. The lowest BCUT2D eigenvalue weighted by atomic mass is 10.2. The third kappa shape index (κ3) is 8.77. The molecule has 0 unspecified atom stereocenters. The molecule has 0 aromatic heterocycles. The minimum absolute atomic E-state index is 0.0454. The zero-order valence-electron chi connectivity index (χ0n) is 9.09. The molecule has 4 nitrogen and oxygen atoms in total. The van der Waals surface area contributed by atoms with Crippen molar-refractivity contribution in [2.45, 2.75) is 33.3 Å². The molecule has 1 amide bonds. The molecule has 0 spiro atoms. The summed E-state index contributed by atoms with van der Waals surface area (Å²) in [6, 6.07) is 0. The topological polar surface area (TPSA) is 55.4 Å². The fraction of sp³-hybridized carbons (Fsp3) is 0.600. The van der Waals surface area contributed by atoms with Gasteiger partial charge in [0, 0.05) is 6.54 Å². The van der Waals surface area contributed by atoms with Crippen LogP contribution in [0.4, 0.5) is 4.79 Å². The van der Waals surface area contributed by atoms with Gasteiger partial charge in [-0.05, 0) is 33.8 Å². The van der Waals surface area contributed by atoms with E-state index in [-0.39, 0.29) is 5.78 Å². The average Bonchev–Trinajstić information content (AvgIpc) is 1.94.